The van der Waals surface area contributed by atoms with Gasteiger partial charge in [0.05, 0.1) is 49.2 Å². The van der Waals surface area contributed by atoms with Gasteiger partial charge >= 0.3 is 12.2 Å². The lowest BCUT2D eigenvalue weighted by molar-refractivity contribution is -0.138. The Balaban J connectivity index is 0.967. The molecular weight excluding hydrogens is 817 g/mol. The Labute approximate surface area is 372 Å². The zero-order valence-corrected chi connectivity index (χ0v) is 37.4. The van der Waals surface area contributed by atoms with Crippen LogP contribution in [0.5, 0.6) is 5.75 Å². The maximum atomic E-state index is 14.3. The second kappa shape index (κ2) is 17.8. The van der Waals surface area contributed by atoms with Gasteiger partial charge in [0.1, 0.15) is 36.1 Å². The number of nitrogens with one attached hydrogen (secondary N) is 4. The fourth-order valence-electron chi connectivity index (χ4n) is 10.4. The molecule has 64 heavy (non-hydrogen) atoms. The van der Waals surface area contributed by atoms with Gasteiger partial charge < -0.3 is 49.3 Å². The lowest BCUT2D eigenvalue weighted by Gasteiger charge is -2.34. The summed E-state index contributed by atoms with van der Waals surface area (Å²) in [5.41, 5.74) is 6.60. The summed E-state index contributed by atoms with van der Waals surface area (Å²) in [6, 6.07) is 12.8. The molecule has 5 aromatic rings. The molecule has 3 fully saturated rings. The standard InChI is InChI=1S/C48H58N8O8/c1-7-31-10-13-37(56(31)46(58)40(25(2)3)53-47(59)61-5)43-49-22-36(51-43)29-8-11-32-30(19-29)24-64-39-21-33-28(20-34(32)39)9-12-35-42(33)52-44(50-35)38-18-26(4)23-55(38)45(57)41(54-48(60)62-6)27-14-16-63-17-15-27/h8-9,11-12,19-22,25-27,31,37-38,40-41H,7,10,13-18,23-24H2,1-6H3,(H,49,51)(H,50,52)(H,53,59)(H,54,60)/t26-,31-,37-,38-,40?,41-/m0/s1. The van der Waals surface area contributed by atoms with E-state index >= 15 is 0 Å². The summed E-state index contributed by atoms with van der Waals surface area (Å²) in [6.45, 7) is 10.1. The third kappa shape index (κ3) is 8.01. The lowest BCUT2D eigenvalue weighted by Crippen LogP contribution is -2.53. The van der Waals surface area contributed by atoms with Crippen molar-refractivity contribution in [3.8, 4) is 28.1 Å². The fraction of sp³-hybridized carbons (Fsp3) is 0.500. The van der Waals surface area contributed by atoms with Crippen LogP contribution in [-0.4, -0.2) is 106 Å². The summed E-state index contributed by atoms with van der Waals surface area (Å²) in [6.07, 6.45) is 5.08. The smallest absolute Gasteiger partial charge is 0.407 e. The van der Waals surface area contributed by atoms with Crippen molar-refractivity contribution >= 4 is 45.8 Å². The third-order valence-electron chi connectivity index (χ3n) is 13.8. The number of amides is 4. The monoisotopic (exact) mass is 874 g/mol. The van der Waals surface area contributed by atoms with Crippen LogP contribution >= 0.6 is 0 Å². The van der Waals surface area contributed by atoms with Gasteiger partial charge in [-0.3, -0.25) is 9.59 Å². The number of ether oxygens (including phenoxy) is 4. The Morgan fingerprint density at radius 2 is 1.67 bits per heavy atom. The number of methoxy groups -OCH3 is 2. The number of hydrogen-bond acceptors (Lipinski definition) is 10. The highest BCUT2D eigenvalue weighted by Gasteiger charge is 2.44. The van der Waals surface area contributed by atoms with Gasteiger partial charge in [-0.25, -0.2) is 19.6 Å². The van der Waals surface area contributed by atoms with E-state index in [1.807, 2.05) is 35.9 Å². The molecule has 4 aliphatic heterocycles. The summed E-state index contributed by atoms with van der Waals surface area (Å²) >= 11 is 0. The first-order valence-corrected chi connectivity index (χ1v) is 22.6. The molecule has 6 heterocycles. The minimum absolute atomic E-state index is 0.0330. The van der Waals surface area contributed by atoms with Crippen LogP contribution in [0.25, 0.3) is 44.2 Å². The van der Waals surface area contributed by atoms with E-state index in [0.29, 0.717) is 39.2 Å². The SMILES string of the molecule is CC[C@H]1CC[C@@H](c2ncc(-c3ccc4c(c3)COc3cc5c(ccc6[nH]c([C@@H]7C[C@H](C)CN7C(=O)[C@@H](NC(=O)OC)C7CCOCC7)nc65)cc3-4)[nH]2)N1C(=O)C(NC(=O)OC)C(C)C. The Morgan fingerprint density at radius 3 is 2.42 bits per heavy atom. The Morgan fingerprint density at radius 1 is 0.891 bits per heavy atom. The number of hydrogen-bond donors (Lipinski definition) is 4. The van der Waals surface area contributed by atoms with Gasteiger partial charge in [0.2, 0.25) is 11.8 Å². The minimum Gasteiger partial charge on any atom is -0.488 e. The van der Waals surface area contributed by atoms with E-state index in [2.05, 4.69) is 70.8 Å². The highest BCUT2D eigenvalue weighted by atomic mass is 16.5. The number of aromatic amines is 2. The van der Waals surface area contributed by atoms with E-state index in [4.69, 9.17) is 28.9 Å². The number of benzene rings is 3. The number of rotatable bonds is 10. The van der Waals surface area contributed by atoms with Crippen LogP contribution in [-0.2, 0) is 30.4 Å². The molecule has 16 nitrogen and oxygen atoms in total. The van der Waals surface area contributed by atoms with Crippen LogP contribution in [0.4, 0.5) is 9.59 Å². The largest absolute Gasteiger partial charge is 0.488 e. The predicted molar refractivity (Wildman–Crippen MR) is 239 cm³/mol. The first-order chi connectivity index (χ1) is 31.0. The van der Waals surface area contributed by atoms with Crippen LogP contribution < -0.4 is 15.4 Å². The summed E-state index contributed by atoms with van der Waals surface area (Å²) in [5, 5.41) is 7.56. The molecule has 4 aliphatic rings. The number of carbonyl (C=O) groups is 4. The Bertz CT molecular complexity index is 2580. The van der Waals surface area contributed by atoms with Gasteiger partial charge in [0, 0.05) is 36.8 Å². The van der Waals surface area contributed by atoms with Crippen LogP contribution in [0, 0.1) is 17.8 Å². The van der Waals surface area contributed by atoms with Gasteiger partial charge in [-0.2, -0.15) is 0 Å². The van der Waals surface area contributed by atoms with Crippen molar-refractivity contribution in [2.75, 3.05) is 34.0 Å². The lowest BCUT2D eigenvalue weighted by atomic mass is 9.90. The van der Waals surface area contributed by atoms with E-state index in [-0.39, 0.29) is 47.7 Å². The Kier molecular flexibility index (Phi) is 12.0. The van der Waals surface area contributed by atoms with Crippen molar-refractivity contribution < 1.29 is 38.1 Å². The van der Waals surface area contributed by atoms with Crippen molar-refractivity contribution in [2.24, 2.45) is 17.8 Å². The van der Waals surface area contributed by atoms with E-state index < -0.39 is 24.3 Å². The molecule has 338 valence electrons. The molecule has 2 aromatic heterocycles. The molecule has 0 saturated carbocycles. The minimum atomic E-state index is -0.719. The zero-order valence-electron chi connectivity index (χ0n) is 37.4. The molecule has 9 rings (SSSR count). The highest BCUT2D eigenvalue weighted by molar-refractivity contribution is 6.07. The number of aromatic nitrogens is 4. The fourth-order valence-corrected chi connectivity index (χ4v) is 10.4. The van der Waals surface area contributed by atoms with Gasteiger partial charge in [0.25, 0.3) is 0 Å². The van der Waals surface area contributed by atoms with E-state index in [0.717, 1.165) is 92.8 Å². The summed E-state index contributed by atoms with van der Waals surface area (Å²) in [7, 11) is 2.61. The van der Waals surface area contributed by atoms with E-state index in [9.17, 15) is 19.2 Å². The topological polar surface area (TPSA) is 193 Å². The van der Waals surface area contributed by atoms with Gasteiger partial charge in [0.15, 0.2) is 0 Å². The molecule has 0 bridgehead atoms. The molecule has 16 heteroatoms. The summed E-state index contributed by atoms with van der Waals surface area (Å²) in [5.74, 6) is 2.00. The first-order valence-electron chi connectivity index (χ1n) is 22.6. The van der Waals surface area contributed by atoms with Gasteiger partial charge in [-0.1, -0.05) is 45.9 Å². The average molecular weight is 875 g/mol. The molecule has 1 unspecified atom stereocenters. The van der Waals surface area contributed by atoms with Crippen LogP contribution in [0.3, 0.4) is 0 Å². The third-order valence-corrected chi connectivity index (χ3v) is 13.8. The molecule has 0 spiro atoms. The number of H-pyrrole nitrogens is 2. The number of imidazole rings is 2. The second-order valence-corrected chi connectivity index (χ2v) is 18.2. The van der Waals surface area contributed by atoms with Crippen molar-refractivity contribution in [3.63, 3.8) is 0 Å². The number of alkyl carbamates (subject to hydrolysis) is 2. The maximum absolute atomic E-state index is 14.3. The molecule has 0 aliphatic carbocycles. The van der Waals surface area contributed by atoms with E-state index in [1.165, 1.54) is 14.2 Å². The number of likely N-dealkylation sites (tertiary alicyclic amines) is 2. The van der Waals surface area contributed by atoms with Gasteiger partial charge in [-0.15, -0.1) is 0 Å². The zero-order chi connectivity index (χ0) is 44.8. The first kappa shape index (κ1) is 43.1. The predicted octanol–water partition coefficient (Wildman–Crippen LogP) is 7.55. The summed E-state index contributed by atoms with van der Waals surface area (Å²) < 4.78 is 21.8. The van der Waals surface area contributed by atoms with E-state index in [1.54, 1.807) is 0 Å². The van der Waals surface area contributed by atoms with Crippen molar-refractivity contribution in [1.29, 1.82) is 0 Å². The van der Waals surface area contributed by atoms with Crippen molar-refractivity contribution in [1.82, 2.24) is 40.4 Å². The van der Waals surface area contributed by atoms with Crippen LogP contribution in [0.1, 0.15) is 95.5 Å². The number of fused-ring (bicyclic) bond motifs is 6. The quantitative estimate of drug-likeness (QED) is 0.109. The second-order valence-electron chi connectivity index (χ2n) is 18.2. The molecule has 3 saturated heterocycles. The van der Waals surface area contributed by atoms with Crippen molar-refractivity contribution in [3.05, 3.63) is 65.9 Å². The number of carbonyl (C=O) groups excluding carboxylic acids is 4. The molecule has 6 atom stereocenters. The maximum Gasteiger partial charge on any atom is 0.407 e. The molecule has 0 radical (unpaired) electrons. The van der Waals surface area contributed by atoms with Crippen LogP contribution in [0.2, 0.25) is 0 Å². The molecule has 3 aromatic carbocycles. The Hall–Kier alpha value is -6.16. The average Bonchev–Trinajstić information content (AvgIpc) is 4.14. The normalized spacial score (nSPS) is 21.9. The molecule has 4 amide bonds. The molecule has 4 N–H and O–H groups in total. The highest BCUT2D eigenvalue weighted by Crippen LogP contribution is 2.44. The number of nitrogens with zero attached hydrogens (tertiary/aromatic N) is 4. The van der Waals surface area contributed by atoms with Crippen LogP contribution in [0.15, 0.2) is 48.7 Å². The molecular formula is C48H58N8O8. The van der Waals surface area contributed by atoms with Gasteiger partial charge in [-0.05, 0) is 103 Å². The van der Waals surface area contributed by atoms with Crippen molar-refractivity contribution in [2.45, 2.75) is 103 Å². The summed E-state index contributed by atoms with van der Waals surface area (Å²) in [4.78, 5) is 73.8.